The number of carbonyl (C=O) groups excluding carboxylic acids is 2. The molecule has 0 unspecified atom stereocenters. The third-order valence-corrected chi connectivity index (χ3v) is 6.66. The Kier molecular flexibility index (Phi) is 4.25. The smallest absolute Gasteiger partial charge is 0.306 e. The van der Waals surface area contributed by atoms with Crippen LogP contribution in [-0.2, 0) is 14.3 Å². The molecule has 0 aromatic carbocycles. The molecule has 0 bridgehead atoms. The van der Waals surface area contributed by atoms with Crippen LogP contribution in [-0.4, -0.2) is 65.5 Å². The first-order valence-corrected chi connectivity index (χ1v) is 10.2. The number of hydrogen-bond acceptors (Lipinski definition) is 6. The lowest BCUT2D eigenvalue weighted by atomic mass is 9.61. The molecular weight excluding hydrogens is 382 g/mol. The molecular formula is C20H24F2N4O3. The minimum atomic E-state index is -2.49. The molecule has 3 saturated heterocycles. The van der Waals surface area contributed by atoms with Crippen molar-refractivity contribution in [2.75, 3.05) is 37.7 Å². The van der Waals surface area contributed by atoms with E-state index in [2.05, 4.69) is 9.97 Å². The molecule has 4 heterocycles. The average Bonchev–Trinajstić information content (AvgIpc) is 3.00. The Morgan fingerprint density at radius 1 is 1.21 bits per heavy atom. The van der Waals surface area contributed by atoms with Gasteiger partial charge >= 0.3 is 5.97 Å². The zero-order chi connectivity index (χ0) is 20.2. The van der Waals surface area contributed by atoms with E-state index in [1.807, 2.05) is 9.80 Å². The van der Waals surface area contributed by atoms with E-state index >= 15 is 0 Å². The molecule has 9 heteroatoms. The fourth-order valence-electron chi connectivity index (χ4n) is 5.00. The maximum Gasteiger partial charge on any atom is 0.306 e. The maximum absolute atomic E-state index is 13.1. The quantitative estimate of drug-likeness (QED) is 0.696. The third-order valence-electron chi connectivity index (χ3n) is 6.66. The summed E-state index contributed by atoms with van der Waals surface area (Å²) in [5.74, 6) is -1.48. The van der Waals surface area contributed by atoms with Gasteiger partial charge in [-0.15, -0.1) is 0 Å². The molecule has 1 spiro atoms. The summed E-state index contributed by atoms with van der Waals surface area (Å²) in [6, 6.07) is 0. The van der Waals surface area contributed by atoms with Crippen LogP contribution in [0.3, 0.4) is 0 Å². The summed E-state index contributed by atoms with van der Waals surface area (Å²) in [5, 5.41) is 0. The molecule has 1 saturated carbocycles. The van der Waals surface area contributed by atoms with E-state index in [0.29, 0.717) is 52.0 Å². The largest absolute Gasteiger partial charge is 0.465 e. The molecule has 1 amide bonds. The average molecular weight is 406 g/mol. The molecule has 29 heavy (non-hydrogen) atoms. The number of ether oxygens (including phenoxy) is 1. The van der Waals surface area contributed by atoms with Gasteiger partial charge in [-0.2, -0.15) is 0 Å². The van der Waals surface area contributed by atoms with Gasteiger partial charge in [0.1, 0.15) is 5.82 Å². The lowest BCUT2D eigenvalue weighted by molar-refractivity contribution is -0.170. The number of cyclic esters (lactones) is 1. The number of likely N-dealkylation sites (tertiary alicyclic amines) is 1. The van der Waals surface area contributed by atoms with Crippen LogP contribution in [0.1, 0.15) is 43.7 Å². The van der Waals surface area contributed by atoms with Crippen LogP contribution >= 0.6 is 0 Å². The first kappa shape index (κ1) is 18.7. The first-order valence-electron chi connectivity index (χ1n) is 10.2. The van der Waals surface area contributed by atoms with E-state index in [0.717, 1.165) is 11.5 Å². The second kappa shape index (κ2) is 6.60. The van der Waals surface area contributed by atoms with Gasteiger partial charge in [0.25, 0.3) is 0 Å². The number of aromatic nitrogens is 2. The van der Waals surface area contributed by atoms with Gasteiger partial charge in [-0.05, 0) is 6.42 Å². The topological polar surface area (TPSA) is 75.6 Å². The van der Waals surface area contributed by atoms with Crippen LogP contribution in [0.25, 0.3) is 0 Å². The number of amides is 1. The first-order chi connectivity index (χ1) is 13.8. The van der Waals surface area contributed by atoms with Gasteiger partial charge in [0, 0.05) is 62.7 Å². The highest BCUT2D eigenvalue weighted by Gasteiger charge is 2.61. The number of carbonyl (C=O) groups is 2. The van der Waals surface area contributed by atoms with Crippen molar-refractivity contribution in [3.63, 3.8) is 0 Å². The van der Waals surface area contributed by atoms with Gasteiger partial charge in [0.05, 0.1) is 31.1 Å². The summed E-state index contributed by atoms with van der Waals surface area (Å²) >= 11 is 0. The fourth-order valence-corrected chi connectivity index (χ4v) is 5.00. The van der Waals surface area contributed by atoms with E-state index < -0.39 is 5.92 Å². The highest BCUT2D eigenvalue weighted by atomic mass is 19.3. The Balaban J connectivity index is 1.06. The zero-order valence-corrected chi connectivity index (χ0v) is 16.1. The second-order valence-electron chi connectivity index (χ2n) is 9.15. The highest BCUT2D eigenvalue weighted by molar-refractivity contribution is 5.77. The van der Waals surface area contributed by atoms with Gasteiger partial charge in [0.15, 0.2) is 0 Å². The highest BCUT2D eigenvalue weighted by Crippen LogP contribution is 2.57. The van der Waals surface area contributed by atoms with Crippen LogP contribution in [0.15, 0.2) is 12.4 Å². The SMILES string of the molecule is O=C1C[C@H](CCC(=O)N2CC(c3cnc(N4CC5(C4)CC(F)(F)C5)cn3)C2)CO1. The molecule has 1 atom stereocenters. The molecule has 0 radical (unpaired) electrons. The standard InChI is InChI=1S/C20H24F2N4O3/c21-20(22)9-19(10-20)11-26(12-19)16-5-23-15(4-24-16)14-6-25(7-14)17(27)2-1-13-3-18(28)29-8-13/h4-5,13-14H,1-3,6-12H2/t13-/m0/s1. The monoisotopic (exact) mass is 406 g/mol. The van der Waals surface area contributed by atoms with Crippen molar-refractivity contribution < 1.29 is 23.1 Å². The number of rotatable bonds is 5. The van der Waals surface area contributed by atoms with E-state index in [1.54, 1.807) is 12.4 Å². The van der Waals surface area contributed by atoms with Crippen molar-refractivity contribution in [3.05, 3.63) is 18.1 Å². The molecule has 3 aliphatic heterocycles. The van der Waals surface area contributed by atoms with Crippen LogP contribution in [0.5, 0.6) is 0 Å². The van der Waals surface area contributed by atoms with Crippen LogP contribution in [0.4, 0.5) is 14.6 Å². The molecule has 156 valence electrons. The molecule has 1 aliphatic carbocycles. The normalized spacial score (nSPS) is 27.2. The number of nitrogens with zero attached hydrogens (tertiary/aromatic N) is 4. The van der Waals surface area contributed by atoms with Gasteiger partial charge in [-0.25, -0.2) is 13.8 Å². The zero-order valence-electron chi connectivity index (χ0n) is 16.1. The Hall–Kier alpha value is -2.32. The molecule has 1 aromatic heterocycles. The Labute approximate surface area is 167 Å². The third kappa shape index (κ3) is 3.55. The fraction of sp³-hybridized carbons (Fsp3) is 0.700. The van der Waals surface area contributed by atoms with Crippen molar-refractivity contribution in [1.82, 2.24) is 14.9 Å². The Morgan fingerprint density at radius 3 is 2.55 bits per heavy atom. The predicted molar refractivity (Wildman–Crippen MR) is 98.5 cm³/mol. The van der Waals surface area contributed by atoms with Crippen molar-refractivity contribution in [2.45, 2.75) is 43.9 Å². The van der Waals surface area contributed by atoms with Crippen molar-refractivity contribution >= 4 is 17.7 Å². The predicted octanol–water partition coefficient (Wildman–Crippen LogP) is 1.98. The Bertz CT molecular complexity index is 810. The molecule has 0 N–H and O–H groups in total. The van der Waals surface area contributed by atoms with E-state index in [9.17, 15) is 18.4 Å². The second-order valence-corrected chi connectivity index (χ2v) is 9.15. The van der Waals surface area contributed by atoms with Crippen molar-refractivity contribution in [2.24, 2.45) is 11.3 Å². The molecule has 5 rings (SSSR count). The summed E-state index contributed by atoms with van der Waals surface area (Å²) in [5.41, 5.74) is 0.634. The molecule has 4 fully saturated rings. The van der Waals surface area contributed by atoms with Crippen LogP contribution < -0.4 is 4.90 Å². The summed E-state index contributed by atoms with van der Waals surface area (Å²) < 4.78 is 31.1. The number of esters is 1. The summed E-state index contributed by atoms with van der Waals surface area (Å²) in [7, 11) is 0. The number of alkyl halides is 2. The lowest BCUT2D eigenvalue weighted by Gasteiger charge is -2.58. The van der Waals surface area contributed by atoms with Crippen molar-refractivity contribution in [3.8, 4) is 0 Å². The van der Waals surface area contributed by atoms with Crippen molar-refractivity contribution in [1.29, 1.82) is 0 Å². The Morgan fingerprint density at radius 2 is 1.97 bits per heavy atom. The lowest BCUT2D eigenvalue weighted by Crippen LogP contribution is -2.66. The van der Waals surface area contributed by atoms with Gasteiger partial charge < -0.3 is 14.5 Å². The van der Waals surface area contributed by atoms with Gasteiger partial charge in [0.2, 0.25) is 11.8 Å². The number of hydrogen-bond donors (Lipinski definition) is 0. The molecule has 1 aromatic rings. The minimum absolute atomic E-state index is 0.0158. The number of halogens is 2. The minimum Gasteiger partial charge on any atom is -0.465 e. The maximum atomic E-state index is 13.1. The summed E-state index contributed by atoms with van der Waals surface area (Å²) in [6.07, 6.45) is 4.95. The van der Waals surface area contributed by atoms with Crippen LogP contribution in [0, 0.1) is 11.3 Å². The van der Waals surface area contributed by atoms with E-state index in [1.165, 1.54) is 0 Å². The van der Waals surface area contributed by atoms with E-state index in [4.69, 9.17) is 4.74 Å². The van der Waals surface area contributed by atoms with Gasteiger partial charge in [-0.3, -0.25) is 14.6 Å². The molecule has 4 aliphatic rings. The summed E-state index contributed by atoms with van der Waals surface area (Å²) in [4.78, 5) is 36.1. The molecule has 7 nitrogen and oxygen atoms in total. The summed E-state index contributed by atoms with van der Waals surface area (Å²) in [6.45, 7) is 2.95. The number of anilines is 1. The van der Waals surface area contributed by atoms with Crippen LogP contribution in [0.2, 0.25) is 0 Å². The van der Waals surface area contributed by atoms with Gasteiger partial charge in [-0.1, -0.05) is 0 Å². The van der Waals surface area contributed by atoms with E-state index in [-0.39, 0.29) is 42.0 Å².